The van der Waals surface area contributed by atoms with E-state index in [-0.39, 0.29) is 5.96 Å². The number of nitrogens with two attached hydrogens (primary N) is 2. The van der Waals surface area contributed by atoms with Crippen LogP contribution in [0.1, 0.15) is 12.5 Å². The molecule has 1 aromatic rings. The van der Waals surface area contributed by atoms with E-state index in [0.29, 0.717) is 0 Å². The predicted octanol–water partition coefficient (Wildman–Crippen LogP) is 0.236. The van der Waals surface area contributed by atoms with Gasteiger partial charge in [0, 0.05) is 0 Å². The largest absolute Gasteiger partial charge is 0.497 e. The zero-order valence-electron chi connectivity index (χ0n) is 10.5. The summed E-state index contributed by atoms with van der Waals surface area (Å²) in [5.41, 5.74) is 12.0. The third-order valence-electron chi connectivity index (χ3n) is 1.82. The van der Waals surface area contributed by atoms with Crippen LogP contribution in [0.25, 0.3) is 0 Å². The van der Waals surface area contributed by atoms with Crippen LogP contribution in [0.2, 0.25) is 0 Å². The standard InChI is InChI=1S/C10H14N4O.H2NO3/c1-7(13-14-10(11)12)8-3-5-9(15-2)6-4-8;2-1(3)4/h3-6H,1-2H3,(H4,11,12,14);(H2,2,3,4)/q;+1/b13-7+;. The molecule has 1 aromatic carbocycles. The topological polar surface area (TPSA) is 147 Å². The molecule has 0 amide bonds. The number of benzene rings is 1. The van der Waals surface area contributed by atoms with Crippen molar-refractivity contribution >= 4 is 11.7 Å². The Balaban J connectivity index is 0.000000711. The molecule has 0 aliphatic rings. The fourth-order valence-electron chi connectivity index (χ4n) is 1.02. The van der Waals surface area contributed by atoms with E-state index in [1.165, 1.54) is 0 Å². The monoisotopic (exact) mass is 270 g/mol. The van der Waals surface area contributed by atoms with E-state index in [2.05, 4.69) is 10.2 Å². The lowest BCUT2D eigenvalue weighted by Gasteiger charge is -2.01. The van der Waals surface area contributed by atoms with Gasteiger partial charge in [-0.2, -0.15) is 5.10 Å². The van der Waals surface area contributed by atoms with Gasteiger partial charge in [0.2, 0.25) is 5.96 Å². The van der Waals surface area contributed by atoms with Gasteiger partial charge in [-0.15, -0.1) is 5.10 Å². The van der Waals surface area contributed by atoms with Crippen molar-refractivity contribution in [3.8, 4) is 5.75 Å². The summed E-state index contributed by atoms with van der Waals surface area (Å²) in [6.45, 7) is 1.83. The highest BCUT2D eigenvalue weighted by Crippen LogP contribution is 2.11. The average molecular weight is 270 g/mol. The van der Waals surface area contributed by atoms with Crippen LogP contribution in [0.3, 0.4) is 0 Å². The third-order valence-corrected chi connectivity index (χ3v) is 1.82. The summed E-state index contributed by atoms with van der Waals surface area (Å²) in [5.74, 6) is 0.747. The Morgan fingerprint density at radius 3 is 2.05 bits per heavy atom. The maximum atomic E-state index is 8.47. The van der Waals surface area contributed by atoms with Crippen LogP contribution in [-0.4, -0.2) is 34.3 Å². The van der Waals surface area contributed by atoms with Crippen molar-refractivity contribution in [3.05, 3.63) is 34.7 Å². The van der Waals surface area contributed by atoms with Gasteiger partial charge in [-0.25, -0.2) is 10.4 Å². The molecule has 0 aliphatic heterocycles. The fourth-order valence-corrected chi connectivity index (χ4v) is 1.02. The molecule has 0 heterocycles. The van der Waals surface area contributed by atoms with Crippen molar-refractivity contribution < 1.29 is 20.2 Å². The van der Waals surface area contributed by atoms with Gasteiger partial charge in [-0.05, 0) is 36.8 Å². The summed E-state index contributed by atoms with van der Waals surface area (Å²) in [6.07, 6.45) is 0. The van der Waals surface area contributed by atoms with E-state index in [0.717, 1.165) is 17.0 Å². The molecule has 0 bridgehead atoms. The van der Waals surface area contributed by atoms with Crippen LogP contribution in [0, 0.1) is 4.91 Å². The quantitative estimate of drug-likeness (QED) is 0.351. The summed E-state index contributed by atoms with van der Waals surface area (Å²) in [4.78, 5) is 8.47. The van der Waals surface area contributed by atoms with E-state index in [1.54, 1.807) is 7.11 Å². The maximum absolute atomic E-state index is 8.47. The molecular formula is C10H16N5O4+. The van der Waals surface area contributed by atoms with Crippen molar-refractivity contribution in [2.24, 2.45) is 21.7 Å². The minimum absolute atomic E-state index is 0.0529. The second-order valence-electron chi connectivity index (χ2n) is 3.19. The molecule has 0 saturated carbocycles. The first-order valence-electron chi connectivity index (χ1n) is 4.99. The summed E-state index contributed by atoms with van der Waals surface area (Å²) in [5, 5.41) is 20.0. The van der Waals surface area contributed by atoms with Crippen LogP contribution < -0.4 is 16.2 Å². The van der Waals surface area contributed by atoms with Gasteiger partial charge >= 0.3 is 5.09 Å². The summed E-state index contributed by atoms with van der Waals surface area (Å²) >= 11 is 0. The van der Waals surface area contributed by atoms with Crippen LogP contribution in [-0.2, 0) is 0 Å². The molecule has 0 fully saturated rings. The molecule has 1 rings (SSSR count). The van der Waals surface area contributed by atoms with Gasteiger partial charge in [-0.3, -0.25) is 0 Å². The van der Waals surface area contributed by atoms with E-state index in [1.807, 2.05) is 31.2 Å². The molecule has 0 radical (unpaired) electrons. The number of rotatable bonds is 3. The highest BCUT2D eigenvalue weighted by molar-refractivity contribution is 5.99. The van der Waals surface area contributed by atoms with Crippen LogP contribution in [0.15, 0.2) is 34.5 Å². The van der Waals surface area contributed by atoms with Gasteiger partial charge in [-0.1, -0.05) is 0 Å². The van der Waals surface area contributed by atoms with E-state index < -0.39 is 5.09 Å². The number of ether oxygens (including phenoxy) is 1. The van der Waals surface area contributed by atoms with Crippen LogP contribution in [0.5, 0.6) is 5.75 Å². The number of guanidine groups is 1. The smallest absolute Gasteiger partial charge is 0.472 e. The fraction of sp³-hybridized carbons (Fsp3) is 0.200. The molecule has 19 heavy (non-hydrogen) atoms. The Labute approximate surface area is 109 Å². The minimum Gasteiger partial charge on any atom is -0.497 e. The molecular weight excluding hydrogens is 254 g/mol. The van der Waals surface area contributed by atoms with Gasteiger partial charge in [0.05, 0.1) is 12.8 Å². The number of hydrogen-bond acceptors (Lipinski definition) is 4. The molecule has 9 nitrogen and oxygen atoms in total. The van der Waals surface area contributed by atoms with Crippen LogP contribution >= 0.6 is 0 Å². The van der Waals surface area contributed by atoms with Gasteiger partial charge in [0.15, 0.2) is 0 Å². The highest BCUT2D eigenvalue weighted by atomic mass is 16.9. The first kappa shape index (κ1) is 16.2. The Morgan fingerprint density at radius 2 is 1.68 bits per heavy atom. The minimum atomic E-state index is -1.25. The molecule has 0 unspecified atom stereocenters. The molecule has 0 aromatic heterocycles. The SMILES string of the molecule is COc1ccc(/C(C)=N/N=C(N)N)cc1.O=[N+](O)O. The molecule has 9 heteroatoms. The summed E-state index contributed by atoms with van der Waals surface area (Å²) in [7, 11) is 1.62. The third kappa shape index (κ3) is 7.96. The first-order chi connectivity index (χ1) is 8.86. The zero-order chi connectivity index (χ0) is 14.8. The lowest BCUT2D eigenvalue weighted by atomic mass is 10.1. The Hall–Kier alpha value is -2.84. The molecule has 104 valence electrons. The lowest BCUT2D eigenvalue weighted by molar-refractivity contribution is -0.969. The highest BCUT2D eigenvalue weighted by Gasteiger charge is 1.97. The predicted molar refractivity (Wildman–Crippen MR) is 68.2 cm³/mol. The van der Waals surface area contributed by atoms with Gasteiger partial charge < -0.3 is 16.2 Å². The van der Waals surface area contributed by atoms with Crippen molar-refractivity contribution in [1.29, 1.82) is 0 Å². The summed E-state index contributed by atoms with van der Waals surface area (Å²) < 4.78 is 5.04. The second-order valence-corrected chi connectivity index (χ2v) is 3.19. The van der Waals surface area contributed by atoms with Gasteiger partial charge in [0.25, 0.3) is 0 Å². The Kier molecular flexibility index (Phi) is 7.04. The Morgan fingerprint density at radius 1 is 1.21 bits per heavy atom. The molecule has 0 saturated heterocycles. The lowest BCUT2D eigenvalue weighted by Crippen LogP contribution is -2.22. The number of methoxy groups -OCH3 is 1. The van der Waals surface area contributed by atoms with Crippen LogP contribution in [0.4, 0.5) is 0 Å². The van der Waals surface area contributed by atoms with Gasteiger partial charge in [0.1, 0.15) is 10.7 Å². The molecule has 0 atom stereocenters. The first-order valence-corrected chi connectivity index (χ1v) is 4.99. The van der Waals surface area contributed by atoms with E-state index in [4.69, 9.17) is 31.5 Å². The number of nitrogens with zero attached hydrogens (tertiary/aromatic N) is 3. The average Bonchev–Trinajstić information content (AvgIpc) is 2.35. The molecule has 6 N–H and O–H groups in total. The normalized spacial score (nSPS) is 9.89. The van der Waals surface area contributed by atoms with Crippen molar-refractivity contribution in [2.45, 2.75) is 6.92 Å². The van der Waals surface area contributed by atoms with E-state index in [9.17, 15) is 0 Å². The summed E-state index contributed by atoms with van der Waals surface area (Å²) in [6, 6.07) is 7.48. The van der Waals surface area contributed by atoms with Crippen molar-refractivity contribution in [3.63, 3.8) is 0 Å². The number of hydrogen-bond donors (Lipinski definition) is 4. The maximum Gasteiger partial charge on any atom is 0.472 e. The zero-order valence-corrected chi connectivity index (χ0v) is 10.5. The second kappa shape index (κ2) is 8.28. The van der Waals surface area contributed by atoms with E-state index >= 15 is 0 Å². The van der Waals surface area contributed by atoms with Crippen molar-refractivity contribution in [1.82, 2.24) is 0 Å². The molecule has 0 aliphatic carbocycles. The Bertz CT molecular complexity index is 461. The van der Waals surface area contributed by atoms with Crippen molar-refractivity contribution in [2.75, 3.05) is 7.11 Å². The molecule has 0 spiro atoms.